The third kappa shape index (κ3) is 5.47. The SMILES string of the molecule is O=C(COc1ccc(Cl)c(F)c1)NC12CC(NC3CNC(C4CCCCCC4)C(C(F)(F)F)N3)(C1)C2. The van der Waals surface area contributed by atoms with Crippen LogP contribution in [0, 0.1) is 11.7 Å². The first kappa shape index (κ1) is 26.0. The highest BCUT2D eigenvalue weighted by Gasteiger charge is 2.69. The van der Waals surface area contributed by atoms with Crippen LogP contribution in [0.25, 0.3) is 0 Å². The molecule has 4 N–H and O–H groups in total. The van der Waals surface area contributed by atoms with Crippen molar-refractivity contribution in [2.45, 2.75) is 93.3 Å². The molecule has 5 fully saturated rings. The molecule has 0 spiro atoms. The standard InChI is InChI=1S/C25H33ClF4N4O2/c26-17-8-7-16(9-18(17)27)36-11-20(35)34-24-12-23(13-24,14-24)33-19-10-31-21(22(32-19)25(28,29)30)15-5-3-1-2-4-6-15/h7-9,15,19,21-22,31-33H,1-6,10-14H2,(H,34,35). The minimum absolute atomic E-state index is 0.0253. The summed E-state index contributed by atoms with van der Waals surface area (Å²) in [5, 5.41) is 12.4. The molecular formula is C25H33ClF4N4O2. The minimum Gasteiger partial charge on any atom is -0.484 e. The molecule has 3 unspecified atom stereocenters. The van der Waals surface area contributed by atoms with E-state index in [1.807, 2.05) is 0 Å². The van der Waals surface area contributed by atoms with Gasteiger partial charge in [0, 0.05) is 29.7 Å². The largest absolute Gasteiger partial charge is 0.484 e. The molecule has 36 heavy (non-hydrogen) atoms. The topological polar surface area (TPSA) is 74.4 Å². The van der Waals surface area contributed by atoms with E-state index in [1.165, 1.54) is 12.1 Å². The van der Waals surface area contributed by atoms with Crippen LogP contribution in [0.5, 0.6) is 5.75 Å². The van der Waals surface area contributed by atoms with Gasteiger partial charge in [-0.2, -0.15) is 13.2 Å². The predicted molar refractivity (Wildman–Crippen MR) is 127 cm³/mol. The lowest BCUT2D eigenvalue weighted by atomic mass is 9.44. The van der Waals surface area contributed by atoms with Gasteiger partial charge in [-0.15, -0.1) is 0 Å². The van der Waals surface area contributed by atoms with Crippen molar-refractivity contribution in [3.63, 3.8) is 0 Å². The fourth-order valence-electron chi connectivity index (χ4n) is 6.74. The summed E-state index contributed by atoms with van der Waals surface area (Å²) in [6, 6.07) is 1.78. The number of amides is 1. The number of hydrogen-bond acceptors (Lipinski definition) is 5. The van der Waals surface area contributed by atoms with Gasteiger partial charge in [0.2, 0.25) is 0 Å². The lowest BCUT2D eigenvalue weighted by Crippen LogP contribution is -2.86. The van der Waals surface area contributed by atoms with Gasteiger partial charge in [-0.25, -0.2) is 4.39 Å². The number of nitrogens with one attached hydrogen (secondary N) is 4. The van der Waals surface area contributed by atoms with Gasteiger partial charge < -0.3 is 15.4 Å². The number of carbonyl (C=O) groups is 1. The molecule has 1 aliphatic heterocycles. The Morgan fingerprint density at radius 3 is 2.44 bits per heavy atom. The van der Waals surface area contributed by atoms with Crippen molar-refractivity contribution in [1.29, 1.82) is 0 Å². The second-order valence-electron chi connectivity index (χ2n) is 11.1. The van der Waals surface area contributed by atoms with Gasteiger partial charge in [0.05, 0.1) is 11.2 Å². The number of ether oxygens (including phenoxy) is 1. The van der Waals surface area contributed by atoms with E-state index < -0.39 is 30.2 Å². The Morgan fingerprint density at radius 2 is 1.81 bits per heavy atom. The number of rotatable bonds is 7. The normalized spacial score (nSPS) is 34.8. The zero-order valence-corrected chi connectivity index (χ0v) is 20.8. The maximum absolute atomic E-state index is 14.0. The lowest BCUT2D eigenvalue weighted by Gasteiger charge is -2.71. The van der Waals surface area contributed by atoms with Crippen LogP contribution in [0.3, 0.4) is 0 Å². The second-order valence-corrected chi connectivity index (χ2v) is 11.5. The number of piperazine rings is 1. The van der Waals surface area contributed by atoms with E-state index in [0.29, 0.717) is 25.8 Å². The third-order valence-corrected chi connectivity index (χ3v) is 8.54. The number of halogens is 5. The van der Waals surface area contributed by atoms with Crippen LogP contribution in [-0.2, 0) is 4.79 Å². The van der Waals surface area contributed by atoms with E-state index in [0.717, 1.165) is 44.6 Å². The van der Waals surface area contributed by atoms with Crippen molar-refractivity contribution in [2.24, 2.45) is 5.92 Å². The van der Waals surface area contributed by atoms with Gasteiger partial charge >= 0.3 is 6.18 Å². The van der Waals surface area contributed by atoms with Crippen LogP contribution in [-0.4, -0.2) is 54.6 Å². The summed E-state index contributed by atoms with van der Waals surface area (Å²) in [5.41, 5.74) is -0.620. The average Bonchev–Trinajstić information content (AvgIpc) is 3.06. The van der Waals surface area contributed by atoms with E-state index in [1.54, 1.807) is 0 Å². The molecule has 0 radical (unpaired) electrons. The van der Waals surface area contributed by atoms with Crippen LogP contribution in [0.4, 0.5) is 17.6 Å². The van der Waals surface area contributed by atoms with E-state index in [2.05, 4.69) is 21.3 Å². The van der Waals surface area contributed by atoms with Crippen LogP contribution < -0.4 is 26.0 Å². The first-order valence-electron chi connectivity index (χ1n) is 12.8. The molecule has 2 bridgehead atoms. The van der Waals surface area contributed by atoms with Gasteiger partial charge in [-0.3, -0.25) is 15.4 Å². The zero-order valence-electron chi connectivity index (χ0n) is 20.0. The molecule has 200 valence electrons. The predicted octanol–water partition coefficient (Wildman–Crippen LogP) is 4.03. The summed E-state index contributed by atoms with van der Waals surface area (Å²) < 4.78 is 60.8. The molecule has 5 aliphatic rings. The molecule has 4 saturated carbocycles. The monoisotopic (exact) mass is 532 g/mol. The quantitative estimate of drug-likeness (QED) is 0.315. The molecule has 1 aromatic carbocycles. The third-order valence-electron chi connectivity index (χ3n) is 8.23. The van der Waals surface area contributed by atoms with Crippen molar-refractivity contribution in [3.05, 3.63) is 29.0 Å². The van der Waals surface area contributed by atoms with Gasteiger partial charge in [0.1, 0.15) is 17.6 Å². The Hall–Kier alpha value is -1.62. The number of hydrogen-bond donors (Lipinski definition) is 4. The summed E-state index contributed by atoms with van der Waals surface area (Å²) in [5.74, 6) is -0.701. The molecule has 11 heteroatoms. The molecule has 1 aromatic rings. The maximum Gasteiger partial charge on any atom is 0.405 e. The van der Waals surface area contributed by atoms with E-state index >= 15 is 0 Å². The van der Waals surface area contributed by atoms with Crippen LogP contribution in [0.2, 0.25) is 5.02 Å². The fourth-order valence-corrected chi connectivity index (χ4v) is 6.86. The summed E-state index contributed by atoms with van der Waals surface area (Å²) in [6.07, 6.45) is 3.02. The van der Waals surface area contributed by atoms with E-state index in [-0.39, 0.29) is 40.3 Å². The van der Waals surface area contributed by atoms with Gasteiger partial charge in [0.25, 0.3) is 5.91 Å². The van der Waals surface area contributed by atoms with Crippen molar-refractivity contribution in [2.75, 3.05) is 13.2 Å². The average molecular weight is 533 g/mol. The lowest BCUT2D eigenvalue weighted by molar-refractivity contribution is -0.180. The highest BCUT2D eigenvalue weighted by atomic mass is 35.5. The molecule has 4 aliphatic carbocycles. The Balaban J connectivity index is 1.09. The molecule has 6 rings (SSSR count). The van der Waals surface area contributed by atoms with Crippen LogP contribution in [0.1, 0.15) is 57.8 Å². The van der Waals surface area contributed by atoms with Crippen LogP contribution in [0.15, 0.2) is 18.2 Å². The van der Waals surface area contributed by atoms with E-state index in [9.17, 15) is 22.4 Å². The first-order chi connectivity index (χ1) is 17.1. The molecular weight excluding hydrogens is 500 g/mol. The Kier molecular flexibility index (Phi) is 7.17. The van der Waals surface area contributed by atoms with Gasteiger partial charge in [-0.05, 0) is 50.2 Å². The highest BCUT2D eigenvalue weighted by molar-refractivity contribution is 6.30. The summed E-state index contributed by atoms with van der Waals surface area (Å²) in [6.45, 7) is 0.174. The highest BCUT2D eigenvalue weighted by Crippen LogP contribution is 2.60. The minimum atomic E-state index is -4.33. The number of carbonyl (C=O) groups excluding carboxylic acids is 1. The Labute approximate surface area is 213 Å². The zero-order chi connectivity index (χ0) is 25.6. The Morgan fingerprint density at radius 1 is 1.11 bits per heavy atom. The molecule has 1 amide bonds. The molecule has 1 heterocycles. The number of benzene rings is 1. The molecule has 3 atom stereocenters. The van der Waals surface area contributed by atoms with Gasteiger partial charge in [-0.1, -0.05) is 37.3 Å². The Bertz CT molecular complexity index is 950. The van der Waals surface area contributed by atoms with Crippen molar-refractivity contribution in [3.8, 4) is 5.75 Å². The second kappa shape index (κ2) is 9.93. The van der Waals surface area contributed by atoms with Gasteiger partial charge in [0.15, 0.2) is 6.61 Å². The molecule has 6 nitrogen and oxygen atoms in total. The smallest absolute Gasteiger partial charge is 0.405 e. The summed E-state index contributed by atoms with van der Waals surface area (Å²) >= 11 is 5.64. The maximum atomic E-state index is 14.0. The van der Waals surface area contributed by atoms with Crippen molar-refractivity contribution in [1.82, 2.24) is 21.3 Å². The first-order valence-corrected chi connectivity index (χ1v) is 13.2. The summed E-state index contributed by atoms with van der Waals surface area (Å²) in [7, 11) is 0. The van der Waals surface area contributed by atoms with Crippen molar-refractivity contribution >= 4 is 17.5 Å². The van der Waals surface area contributed by atoms with Crippen LogP contribution >= 0.6 is 11.6 Å². The molecule has 1 saturated heterocycles. The number of alkyl halides is 3. The molecule has 0 aromatic heterocycles. The van der Waals surface area contributed by atoms with Crippen molar-refractivity contribution < 1.29 is 27.1 Å². The summed E-state index contributed by atoms with van der Waals surface area (Å²) in [4.78, 5) is 12.3. The fraction of sp³-hybridized carbons (Fsp3) is 0.720. The van der Waals surface area contributed by atoms with E-state index in [4.69, 9.17) is 16.3 Å².